The van der Waals surface area contributed by atoms with Crippen LogP contribution in [-0.4, -0.2) is 63.6 Å². The number of carbonyl (C=O) groups excluding carboxylic acids is 2. The molecule has 3 aromatic rings. The second kappa shape index (κ2) is 10.7. The van der Waals surface area contributed by atoms with Crippen LogP contribution in [0.3, 0.4) is 0 Å². The second-order valence-corrected chi connectivity index (χ2v) is 7.67. The van der Waals surface area contributed by atoms with Crippen LogP contribution in [-0.2, 0) is 20.7 Å². The number of hydrogen-bond acceptors (Lipinski definition) is 11. The standard InChI is InChI=1S/C18H20N6O5S2/c1-4-29-16(26)7-11-9-30-17(19-11)20-15(25)10-31-18-21-22-23-24(18)13-8-12(27-2)5-6-14(13)28-3/h5-6,8-9H,4,7,10H2,1-3H3,(H,19,20,25). The number of anilines is 1. The van der Waals surface area contributed by atoms with Crippen molar-refractivity contribution in [2.75, 3.05) is 31.9 Å². The number of thioether (sulfide) groups is 1. The number of benzene rings is 1. The Kier molecular flexibility index (Phi) is 7.78. The van der Waals surface area contributed by atoms with E-state index < -0.39 is 0 Å². The number of tetrazole rings is 1. The molecule has 0 aliphatic carbocycles. The molecular formula is C18H20N6O5S2. The van der Waals surface area contributed by atoms with Crippen molar-refractivity contribution >= 4 is 40.1 Å². The Morgan fingerprint density at radius 2 is 2.10 bits per heavy atom. The molecule has 31 heavy (non-hydrogen) atoms. The van der Waals surface area contributed by atoms with Crippen LogP contribution in [0, 0.1) is 0 Å². The molecule has 1 N–H and O–H groups in total. The van der Waals surface area contributed by atoms with Crippen molar-refractivity contribution < 1.29 is 23.8 Å². The van der Waals surface area contributed by atoms with Crippen LogP contribution in [0.4, 0.5) is 5.13 Å². The minimum Gasteiger partial charge on any atom is -0.497 e. The molecule has 0 aliphatic heterocycles. The zero-order valence-corrected chi connectivity index (χ0v) is 18.7. The first-order valence-electron chi connectivity index (χ1n) is 9.07. The molecule has 0 unspecified atom stereocenters. The van der Waals surface area contributed by atoms with E-state index in [0.717, 1.165) is 11.8 Å². The van der Waals surface area contributed by atoms with E-state index in [1.165, 1.54) is 16.0 Å². The van der Waals surface area contributed by atoms with Crippen molar-refractivity contribution in [3.8, 4) is 17.2 Å². The summed E-state index contributed by atoms with van der Waals surface area (Å²) >= 11 is 2.39. The molecule has 1 aromatic carbocycles. The molecule has 11 nitrogen and oxygen atoms in total. The van der Waals surface area contributed by atoms with Gasteiger partial charge in [0.1, 0.15) is 17.2 Å². The Hall–Kier alpha value is -3.19. The smallest absolute Gasteiger partial charge is 0.311 e. The zero-order chi connectivity index (χ0) is 22.2. The van der Waals surface area contributed by atoms with E-state index in [2.05, 4.69) is 25.8 Å². The number of methoxy groups -OCH3 is 2. The van der Waals surface area contributed by atoms with E-state index in [-0.39, 0.29) is 24.1 Å². The molecule has 13 heteroatoms. The number of aromatic nitrogens is 5. The van der Waals surface area contributed by atoms with Crippen molar-refractivity contribution in [3.63, 3.8) is 0 Å². The molecule has 0 atom stereocenters. The number of esters is 1. The van der Waals surface area contributed by atoms with E-state index in [1.807, 2.05) is 0 Å². The molecule has 164 valence electrons. The van der Waals surface area contributed by atoms with Gasteiger partial charge in [0.25, 0.3) is 0 Å². The summed E-state index contributed by atoms with van der Waals surface area (Å²) in [5, 5.41) is 16.9. The van der Waals surface area contributed by atoms with Crippen molar-refractivity contribution in [1.82, 2.24) is 25.2 Å². The van der Waals surface area contributed by atoms with Crippen LogP contribution >= 0.6 is 23.1 Å². The van der Waals surface area contributed by atoms with Gasteiger partial charge in [0.05, 0.1) is 38.7 Å². The summed E-state index contributed by atoms with van der Waals surface area (Å²) < 4.78 is 17.0. The first-order valence-corrected chi connectivity index (χ1v) is 10.9. The molecule has 0 radical (unpaired) electrons. The summed E-state index contributed by atoms with van der Waals surface area (Å²) in [5.74, 6) is 0.577. The summed E-state index contributed by atoms with van der Waals surface area (Å²) in [6.07, 6.45) is 0.0616. The SMILES string of the molecule is CCOC(=O)Cc1csc(NC(=O)CSc2nnnn2-c2cc(OC)ccc2OC)n1. The number of carbonyl (C=O) groups is 2. The number of nitrogens with one attached hydrogen (secondary N) is 1. The third-order valence-electron chi connectivity index (χ3n) is 3.82. The summed E-state index contributed by atoms with van der Waals surface area (Å²) in [6, 6.07) is 5.24. The number of nitrogens with zero attached hydrogens (tertiary/aromatic N) is 5. The fraction of sp³-hybridized carbons (Fsp3) is 0.333. The lowest BCUT2D eigenvalue weighted by Gasteiger charge is -2.11. The summed E-state index contributed by atoms with van der Waals surface area (Å²) in [7, 11) is 3.10. The van der Waals surface area contributed by atoms with Gasteiger partial charge in [-0.1, -0.05) is 11.8 Å². The summed E-state index contributed by atoms with van der Waals surface area (Å²) in [5.41, 5.74) is 1.12. The van der Waals surface area contributed by atoms with E-state index >= 15 is 0 Å². The van der Waals surface area contributed by atoms with Gasteiger partial charge in [0.15, 0.2) is 5.13 Å². The maximum absolute atomic E-state index is 12.3. The Labute approximate surface area is 186 Å². The lowest BCUT2D eigenvalue weighted by Crippen LogP contribution is -2.15. The highest BCUT2D eigenvalue weighted by Crippen LogP contribution is 2.29. The molecule has 2 heterocycles. The lowest BCUT2D eigenvalue weighted by molar-refractivity contribution is -0.142. The Bertz CT molecular complexity index is 1050. The van der Waals surface area contributed by atoms with Crippen LogP contribution in [0.15, 0.2) is 28.7 Å². The van der Waals surface area contributed by atoms with E-state index in [9.17, 15) is 9.59 Å². The molecule has 0 fully saturated rings. The summed E-state index contributed by atoms with van der Waals surface area (Å²) in [4.78, 5) is 28.1. The molecular weight excluding hydrogens is 444 g/mol. The predicted octanol–water partition coefficient (Wildman–Crippen LogP) is 1.97. The fourth-order valence-electron chi connectivity index (χ4n) is 2.47. The largest absolute Gasteiger partial charge is 0.497 e. The van der Waals surface area contributed by atoms with Gasteiger partial charge in [-0.2, -0.15) is 4.68 Å². The van der Waals surface area contributed by atoms with Crippen LogP contribution < -0.4 is 14.8 Å². The normalized spacial score (nSPS) is 10.5. The maximum Gasteiger partial charge on any atom is 0.311 e. The maximum atomic E-state index is 12.3. The lowest BCUT2D eigenvalue weighted by atomic mass is 10.3. The average Bonchev–Trinajstić information content (AvgIpc) is 3.41. The monoisotopic (exact) mass is 464 g/mol. The van der Waals surface area contributed by atoms with Crippen LogP contribution in [0.25, 0.3) is 5.69 Å². The predicted molar refractivity (Wildman–Crippen MR) is 114 cm³/mol. The first kappa shape index (κ1) is 22.5. The van der Waals surface area contributed by atoms with E-state index in [1.54, 1.807) is 44.7 Å². The molecule has 3 rings (SSSR count). The molecule has 0 bridgehead atoms. The molecule has 0 aliphatic rings. The number of rotatable bonds is 10. The van der Waals surface area contributed by atoms with Crippen molar-refractivity contribution in [1.29, 1.82) is 0 Å². The Morgan fingerprint density at radius 3 is 2.84 bits per heavy atom. The molecule has 0 saturated heterocycles. The zero-order valence-electron chi connectivity index (χ0n) is 17.0. The van der Waals surface area contributed by atoms with Gasteiger partial charge in [-0.3, -0.25) is 9.59 Å². The highest BCUT2D eigenvalue weighted by Gasteiger charge is 2.17. The van der Waals surface area contributed by atoms with Crippen LogP contribution in [0.1, 0.15) is 12.6 Å². The molecule has 0 spiro atoms. The van der Waals surface area contributed by atoms with Gasteiger partial charge in [-0.25, -0.2) is 4.98 Å². The number of amides is 1. The number of ether oxygens (including phenoxy) is 3. The van der Waals surface area contributed by atoms with Gasteiger partial charge >= 0.3 is 5.97 Å². The summed E-state index contributed by atoms with van der Waals surface area (Å²) in [6.45, 7) is 2.05. The van der Waals surface area contributed by atoms with Crippen molar-refractivity contribution in [3.05, 3.63) is 29.3 Å². The Morgan fingerprint density at radius 1 is 1.26 bits per heavy atom. The van der Waals surface area contributed by atoms with Gasteiger partial charge < -0.3 is 19.5 Å². The van der Waals surface area contributed by atoms with Gasteiger partial charge in [-0.15, -0.1) is 16.4 Å². The third-order valence-corrected chi connectivity index (χ3v) is 5.54. The van der Waals surface area contributed by atoms with Crippen molar-refractivity contribution in [2.45, 2.75) is 18.5 Å². The minimum atomic E-state index is -0.360. The number of thiazole rings is 1. The molecule has 2 aromatic heterocycles. The van der Waals surface area contributed by atoms with E-state index in [0.29, 0.717) is 39.8 Å². The second-order valence-electron chi connectivity index (χ2n) is 5.87. The highest BCUT2D eigenvalue weighted by molar-refractivity contribution is 7.99. The quantitative estimate of drug-likeness (QED) is 0.351. The number of hydrogen-bond donors (Lipinski definition) is 1. The van der Waals surface area contributed by atoms with Gasteiger partial charge in [0, 0.05) is 11.4 Å². The Balaban J connectivity index is 1.62. The van der Waals surface area contributed by atoms with Crippen molar-refractivity contribution in [2.24, 2.45) is 0 Å². The first-order chi connectivity index (χ1) is 15.0. The van der Waals surface area contributed by atoms with Crippen LogP contribution in [0.2, 0.25) is 0 Å². The topological polar surface area (TPSA) is 130 Å². The van der Waals surface area contributed by atoms with E-state index in [4.69, 9.17) is 14.2 Å². The van der Waals surface area contributed by atoms with Crippen LogP contribution in [0.5, 0.6) is 11.5 Å². The highest BCUT2D eigenvalue weighted by atomic mass is 32.2. The van der Waals surface area contributed by atoms with Gasteiger partial charge in [0.2, 0.25) is 11.1 Å². The van der Waals surface area contributed by atoms with Gasteiger partial charge in [-0.05, 0) is 29.5 Å². The third kappa shape index (κ3) is 5.92. The minimum absolute atomic E-state index is 0.0550. The average molecular weight is 465 g/mol. The molecule has 0 saturated carbocycles. The molecule has 1 amide bonds. The fourth-order valence-corrected chi connectivity index (χ4v) is 3.88.